The summed E-state index contributed by atoms with van der Waals surface area (Å²) in [5, 5.41) is 7.71. The fourth-order valence-corrected chi connectivity index (χ4v) is 2.25. The molecule has 25 heavy (non-hydrogen) atoms. The molecule has 3 N–H and O–H groups in total. The van der Waals surface area contributed by atoms with Gasteiger partial charge in [0.05, 0.1) is 13.1 Å². The van der Waals surface area contributed by atoms with Gasteiger partial charge in [-0.05, 0) is 24.9 Å². The minimum atomic E-state index is -0.541. The Morgan fingerprint density at radius 1 is 0.920 bits per heavy atom. The average molecular weight is 348 g/mol. The van der Waals surface area contributed by atoms with Gasteiger partial charge in [-0.25, -0.2) is 4.79 Å². The number of benzene rings is 1. The number of nitrogens with zero attached hydrogens (tertiary/aromatic N) is 1. The largest absolute Gasteiger partial charge is 0.355 e. The molecule has 1 aromatic rings. The van der Waals surface area contributed by atoms with Crippen molar-refractivity contribution in [2.24, 2.45) is 0 Å². The molecular formula is C18H28N4O3. The monoisotopic (exact) mass is 348 g/mol. The van der Waals surface area contributed by atoms with Gasteiger partial charge >= 0.3 is 6.03 Å². The lowest BCUT2D eigenvalue weighted by atomic mass is 10.2. The van der Waals surface area contributed by atoms with E-state index >= 15 is 0 Å². The minimum absolute atomic E-state index is 0.00609. The van der Waals surface area contributed by atoms with Crippen molar-refractivity contribution in [1.82, 2.24) is 20.9 Å². The molecule has 0 radical (unpaired) electrons. The van der Waals surface area contributed by atoms with Crippen molar-refractivity contribution in [3.05, 3.63) is 35.9 Å². The second kappa shape index (κ2) is 12.0. The van der Waals surface area contributed by atoms with E-state index < -0.39 is 11.9 Å². The van der Waals surface area contributed by atoms with Gasteiger partial charge in [-0.1, -0.05) is 44.2 Å². The number of imide groups is 1. The number of hydrogen-bond donors (Lipinski definition) is 3. The summed E-state index contributed by atoms with van der Waals surface area (Å²) in [4.78, 5) is 37.3. The Morgan fingerprint density at radius 3 is 2.24 bits per heavy atom. The van der Waals surface area contributed by atoms with E-state index in [4.69, 9.17) is 0 Å². The lowest BCUT2D eigenvalue weighted by Crippen LogP contribution is -2.46. The summed E-state index contributed by atoms with van der Waals surface area (Å²) in [7, 11) is 0. The van der Waals surface area contributed by atoms with E-state index in [1.165, 1.54) is 0 Å². The number of carbonyl (C=O) groups is 3. The van der Waals surface area contributed by atoms with E-state index in [-0.39, 0.29) is 19.0 Å². The SMILES string of the molecule is CCCNC(=O)CN(CCC)CC(=O)NC(=O)NCc1ccccc1. The van der Waals surface area contributed by atoms with Crippen molar-refractivity contribution < 1.29 is 14.4 Å². The highest BCUT2D eigenvalue weighted by Crippen LogP contribution is 1.97. The van der Waals surface area contributed by atoms with E-state index in [0.717, 1.165) is 18.4 Å². The summed E-state index contributed by atoms with van der Waals surface area (Å²) in [6, 6.07) is 8.89. The molecule has 0 spiro atoms. The van der Waals surface area contributed by atoms with Gasteiger partial charge in [0.1, 0.15) is 0 Å². The molecule has 0 aliphatic heterocycles. The summed E-state index contributed by atoms with van der Waals surface area (Å²) in [5.74, 6) is -0.543. The van der Waals surface area contributed by atoms with Crippen LogP contribution in [0.5, 0.6) is 0 Å². The van der Waals surface area contributed by atoms with Crippen LogP contribution in [0.3, 0.4) is 0 Å². The van der Waals surface area contributed by atoms with Crippen LogP contribution in [0.2, 0.25) is 0 Å². The molecule has 0 saturated carbocycles. The van der Waals surface area contributed by atoms with Crippen molar-refractivity contribution in [2.75, 3.05) is 26.2 Å². The van der Waals surface area contributed by atoms with Gasteiger partial charge in [0.15, 0.2) is 0 Å². The lowest BCUT2D eigenvalue weighted by Gasteiger charge is -2.20. The molecule has 0 atom stereocenters. The second-order valence-corrected chi connectivity index (χ2v) is 5.78. The highest BCUT2D eigenvalue weighted by Gasteiger charge is 2.15. The first-order valence-corrected chi connectivity index (χ1v) is 8.65. The van der Waals surface area contributed by atoms with Crippen LogP contribution in [0.4, 0.5) is 4.79 Å². The number of hydrogen-bond acceptors (Lipinski definition) is 4. The third-order valence-corrected chi connectivity index (χ3v) is 3.40. The lowest BCUT2D eigenvalue weighted by molar-refractivity contribution is -0.124. The van der Waals surface area contributed by atoms with Crippen LogP contribution in [0.25, 0.3) is 0 Å². The smallest absolute Gasteiger partial charge is 0.321 e. The molecule has 1 rings (SSSR count). The fourth-order valence-electron chi connectivity index (χ4n) is 2.25. The van der Waals surface area contributed by atoms with Crippen LogP contribution in [0.1, 0.15) is 32.3 Å². The normalized spacial score (nSPS) is 10.4. The van der Waals surface area contributed by atoms with E-state index in [9.17, 15) is 14.4 Å². The Hall–Kier alpha value is -2.41. The standard InChI is InChI=1S/C18H28N4O3/c1-3-10-19-16(23)13-22(11-4-2)14-17(24)21-18(25)20-12-15-8-6-5-7-9-15/h5-9H,3-4,10-14H2,1-2H3,(H,19,23)(H2,20,21,24,25). The first-order valence-electron chi connectivity index (χ1n) is 8.65. The Balaban J connectivity index is 2.37. The quantitative estimate of drug-likeness (QED) is 0.593. The van der Waals surface area contributed by atoms with E-state index in [0.29, 0.717) is 19.6 Å². The molecule has 0 heterocycles. The van der Waals surface area contributed by atoms with Crippen LogP contribution in [0, 0.1) is 0 Å². The summed E-state index contributed by atoms with van der Waals surface area (Å²) in [6.45, 7) is 5.68. The molecule has 0 aliphatic rings. The topological polar surface area (TPSA) is 90.5 Å². The Kier molecular flexibility index (Phi) is 9.92. The Morgan fingerprint density at radius 2 is 1.60 bits per heavy atom. The van der Waals surface area contributed by atoms with E-state index in [2.05, 4.69) is 16.0 Å². The van der Waals surface area contributed by atoms with Crippen molar-refractivity contribution in [2.45, 2.75) is 33.2 Å². The third kappa shape index (κ3) is 9.46. The van der Waals surface area contributed by atoms with Crippen molar-refractivity contribution in [3.8, 4) is 0 Å². The maximum atomic E-state index is 12.0. The van der Waals surface area contributed by atoms with Gasteiger partial charge in [-0.2, -0.15) is 0 Å². The predicted molar refractivity (Wildman–Crippen MR) is 96.9 cm³/mol. The molecule has 7 nitrogen and oxygen atoms in total. The Labute approximate surface area is 149 Å². The predicted octanol–water partition coefficient (Wildman–Crippen LogP) is 1.25. The maximum Gasteiger partial charge on any atom is 0.321 e. The zero-order chi connectivity index (χ0) is 18.5. The van der Waals surface area contributed by atoms with Crippen molar-refractivity contribution in [1.29, 1.82) is 0 Å². The first kappa shape index (κ1) is 20.6. The van der Waals surface area contributed by atoms with Crippen LogP contribution >= 0.6 is 0 Å². The molecule has 4 amide bonds. The van der Waals surface area contributed by atoms with Gasteiger partial charge in [0.2, 0.25) is 11.8 Å². The molecule has 7 heteroatoms. The van der Waals surface area contributed by atoms with Crippen LogP contribution < -0.4 is 16.0 Å². The average Bonchev–Trinajstić information content (AvgIpc) is 2.59. The summed E-state index contributed by atoms with van der Waals surface area (Å²) >= 11 is 0. The number of rotatable bonds is 10. The van der Waals surface area contributed by atoms with Crippen LogP contribution in [-0.2, 0) is 16.1 Å². The fraction of sp³-hybridized carbons (Fsp3) is 0.500. The summed E-state index contributed by atoms with van der Waals surface area (Å²) < 4.78 is 0. The molecular weight excluding hydrogens is 320 g/mol. The minimum Gasteiger partial charge on any atom is -0.355 e. The van der Waals surface area contributed by atoms with Gasteiger partial charge in [-0.3, -0.25) is 19.8 Å². The molecule has 0 aliphatic carbocycles. The zero-order valence-electron chi connectivity index (χ0n) is 15.0. The second-order valence-electron chi connectivity index (χ2n) is 5.78. The molecule has 0 saturated heterocycles. The maximum absolute atomic E-state index is 12.0. The van der Waals surface area contributed by atoms with E-state index in [1.807, 2.05) is 44.2 Å². The van der Waals surface area contributed by atoms with Crippen molar-refractivity contribution in [3.63, 3.8) is 0 Å². The number of carbonyl (C=O) groups excluding carboxylic acids is 3. The zero-order valence-corrected chi connectivity index (χ0v) is 15.0. The molecule has 1 aromatic carbocycles. The number of urea groups is 1. The summed E-state index contributed by atoms with van der Waals surface area (Å²) in [6.07, 6.45) is 1.68. The number of nitrogens with one attached hydrogen (secondary N) is 3. The third-order valence-electron chi connectivity index (χ3n) is 3.40. The highest BCUT2D eigenvalue weighted by atomic mass is 16.2. The molecule has 0 fully saturated rings. The van der Waals surface area contributed by atoms with E-state index in [1.54, 1.807) is 4.90 Å². The van der Waals surface area contributed by atoms with Gasteiger partial charge in [0, 0.05) is 13.1 Å². The molecule has 138 valence electrons. The van der Waals surface area contributed by atoms with Crippen LogP contribution in [0.15, 0.2) is 30.3 Å². The number of amides is 4. The van der Waals surface area contributed by atoms with Crippen LogP contribution in [-0.4, -0.2) is 48.9 Å². The highest BCUT2D eigenvalue weighted by molar-refractivity contribution is 5.95. The summed E-state index contributed by atoms with van der Waals surface area (Å²) in [5.41, 5.74) is 0.949. The van der Waals surface area contributed by atoms with Gasteiger partial charge < -0.3 is 10.6 Å². The van der Waals surface area contributed by atoms with Gasteiger partial charge in [-0.15, -0.1) is 0 Å². The Bertz CT molecular complexity index is 549. The molecule has 0 aromatic heterocycles. The van der Waals surface area contributed by atoms with Crippen molar-refractivity contribution >= 4 is 17.8 Å². The van der Waals surface area contributed by atoms with Gasteiger partial charge in [0.25, 0.3) is 0 Å². The first-order chi connectivity index (χ1) is 12.0. The molecule has 0 bridgehead atoms. The molecule has 0 unspecified atom stereocenters.